The van der Waals surface area contributed by atoms with Crippen molar-refractivity contribution >= 4 is 34.1 Å². The number of rotatable bonds is 7. The largest absolute Gasteiger partial charge is 0.489 e. The Morgan fingerprint density at radius 2 is 1.80 bits per heavy atom. The fourth-order valence-electron chi connectivity index (χ4n) is 3.51. The van der Waals surface area contributed by atoms with Gasteiger partial charge in [-0.15, -0.1) is 0 Å². The Morgan fingerprint density at radius 1 is 1.03 bits per heavy atom. The summed E-state index contributed by atoms with van der Waals surface area (Å²) in [6.07, 6.45) is 1.85. The Hall–Kier alpha value is -3.02. The topological polar surface area (TPSA) is 68.2 Å². The predicted molar refractivity (Wildman–Crippen MR) is 119 cm³/mol. The number of halogens is 2. The second-order valence-electron chi connectivity index (χ2n) is 6.95. The third kappa shape index (κ3) is 4.42. The van der Waals surface area contributed by atoms with Crippen LogP contribution in [-0.2, 0) is 6.61 Å². The Balaban J connectivity index is 1.56. The van der Waals surface area contributed by atoms with E-state index in [-0.39, 0.29) is 17.4 Å². The second-order valence-corrected chi connectivity index (χ2v) is 7.79. The zero-order valence-corrected chi connectivity index (χ0v) is 17.4. The van der Waals surface area contributed by atoms with E-state index in [0.29, 0.717) is 22.4 Å². The number of nitrogens with zero attached hydrogens (tertiary/aromatic N) is 1. The molecule has 0 aliphatic heterocycles. The third-order valence-electron chi connectivity index (χ3n) is 5.02. The molecule has 0 fully saturated rings. The molecule has 3 aromatic carbocycles. The second kappa shape index (κ2) is 8.78. The molecule has 0 aliphatic carbocycles. The number of ether oxygens (including phenoxy) is 1. The van der Waals surface area contributed by atoms with Gasteiger partial charge in [0.2, 0.25) is 6.54 Å². The van der Waals surface area contributed by atoms with Gasteiger partial charge in [-0.05, 0) is 41.5 Å². The summed E-state index contributed by atoms with van der Waals surface area (Å²) in [5.74, 6) is 0.291. The number of nitrogens with one attached hydrogen (secondary N) is 1. The average Bonchev–Trinajstić information content (AvgIpc) is 3.16. The van der Waals surface area contributed by atoms with Crippen molar-refractivity contribution in [1.29, 1.82) is 0 Å². The molecule has 0 unspecified atom stereocenters. The predicted octanol–water partition coefficient (Wildman–Crippen LogP) is 6.46. The molecule has 4 rings (SSSR count). The first kappa shape index (κ1) is 20.3. The molecule has 0 saturated heterocycles. The van der Waals surface area contributed by atoms with Crippen molar-refractivity contribution in [3.8, 4) is 5.75 Å². The number of nitro groups is 1. The van der Waals surface area contributed by atoms with Crippen molar-refractivity contribution in [2.75, 3.05) is 6.54 Å². The maximum absolute atomic E-state index is 11.3. The molecule has 4 aromatic rings. The zero-order chi connectivity index (χ0) is 21.1. The van der Waals surface area contributed by atoms with Crippen LogP contribution in [0.5, 0.6) is 5.75 Å². The summed E-state index contributed by atoms with van der Waals surface area (Å²) in [5.41, 5.74) is 3.55. The maximum atomic E-state index is 11.3. The molecule has 0 radical (unpaired) electrons. The lowest BCUT2D eigenvalue weighted by molar-refractivity contribution is -0.481. The zero-order valence-electron chi connectivity index (χ0n) is 15.8. The van der Waals surface area contributed by atoms with Crippen LogP contribution in [0.15, 0.2) is 72.9 Å². The van der Waals surface area contributed by atoms with Crippen molar-refractivity contribution in [1.82, 2.24) is 4.98 Å². The van der Waals surface area contributed by atoms with E-state index in [1.165, 1.54) is 0 Å². The summed E-state index contributed by atoms with van der Waals surface area (Å²) in [6, 6.07) is 20.4. The molecule has 30 heavy (non-hydrogen) atoms. The van der Waals surface area contributed by atoms with Crippen LogP contribution in [-0.4, -0.2) is 16.5 Å². The quantitative estimate of drug-likeness (QED) is 0.264. The number of para-hydroxylation sites is 1. The van der Waals surface area contributed by atoms with E-state index in [0.717, 1.165) is 27.6 Å². The number of hydrogen-bond donors (Lipinski definition) is 1. The highest BCUT2D eigenvalue weighted by Gasteiger charge is 2.23. The van der Waals surface area contributed by atoms with Gasteiger partial charge in [0.1, 0.15) is 12.4 Å². The smallest absolute Gasteiger partial charge is 0.214 e. The molecular formula is C23H18Cl2N2O3. The summed E-state index contributed by atoms with van der Waals surface area (Å²) < 4.78 is 5.82. The SMILES string of the molecule is O=[N+]([O-])C[C@H](c1ccc(OCc2ccc(Cl)cc2Cl)cc1)c1c[nH]c2ccccc12. The van der Waals surface area contributed by atoms with Gasteiger partial charge in [-0.1, -0.05) is 59.6 Å². The van der Waals surface area contributed by atoms with E-state index >= 15 is 0 Å². The first-order chi connectivity index (χ1) is 14.5. The molecule has 0 bridgehead atoms. The lowest BCUT2D eigenvalue weighted by atomic mass is 9.91. The van der Waals surface area contributed by atoms with Crippen LogP contribution in [0, 0.1) is 10.1 Å². The van der Waals surface area contributed by atoms with E-state index < -0.39 is 0 Å². The minimum atomic E-state index is -0.365. The molecule has 1 N–H and O–H groups in total. The van der Waals surface area contributed by atoms with Crippen LogP contribution >= 0.6 is 23.2 Å². The fourth-order valence-corrected chi connectivity index (χ4v) is 3.97. The van der Waals surface area contributed by atoms with Gasteiger partial charge < -0.3 is 9.72 Å². The fraction of sp³-hybridized carbons (Fsp3) is 0.130. The molecule has 1 heterocycles. The Morgan fingerprint density at radius 3 is 2.53 bits per heavy atom. The Bertz CT molecular complexity index is 1190. The number of hydrogen-bond acceptors (Lipinski definition) is 3. The Labute approximate surface area is 183 Å². The minimum Gasteiger partial charge on any atom is -0.489 e. The molecule has 1 atom stereocenters. The first-order valence-corrected chi connectivity index (χ1v) is 10.1. The Kier molecular flexibility index (Phi) is 5.93. The van der Waals surface area contributed by atoms with Crippen LogP contribution in [0.3, 0.4) is 0 Å². The van der Waals surface area contributed by atoms with Crippen molar-refractivity contribution in [3.63, 3.8) is 0 Å². The lowest BCUT2D eigenvalue weighted by Gasteiger charge is -2.14. The van der Waals surface area contributed by atoms with Crippen molar-refractivity contribution in [2.24, 2.45) is 0 Å². The minimum absolute atomic E-state index is 0.192. The van der Waals surface area contributed by atoms with Crippen molar-refractivity contribution in [2.45, 2.75) is 12.5 Å². The molecule has 0 spiro atoms. The molecule has 1 aromatic heterocycles. The highest BCUT2D eigenvalue weighted by molar-refractivity contribution is 6.35. The van der Waals surface area contributed by atoms with Crippen LogP contribution in [0.1, 0.15) is 22.6 Å². The lowest BCUT2D eigenvalue weighted by Crippen LogP contribution is -2.13. The van der Waals surface area contributed by atoms with Gasteiger partial charge in [0.25, 0.3) is 0 Å². The molecule has 5 nitrogen and oxygen atoms in total. The maximum Gasteiger partial charge on any atom is 0.214 e. The average molecular weight is 441 g/mol. The monoisotopic (exact) mass is 440 g/mol. The normalized spacial score (nSPS) is 12.1. The van der Waals surface area contributed by atoms with Crippen LogP contribution in [0.2, 0.25) is 10.0 Å². The van der Waals surface area contributed by atoms with Gasteiger partial charge in [-0.25, -0.2) is 0 Å². The third-order valence-corrected chi connectivity index (χ3v) is 5.61. The number of aromatic nitrogens is 1. The van der Waals surface area contributed by atoms with E-state index in [1.807, 2.05) is 60.8 Å². The van der Waals surface area contributed by atoms with Gasteiger partial charge >= 0.3 is 0 Å². The van der Waals surface area contributed by atoms with Crippen LogP contribution < -0.4 is 4.74 Å². The van der Waals surface area contributed by atoms with Crippen LogP contribution in [0.25, 0.3) is 10.9 Å². The number of fused-ring (bicyclic) bond motifs is 1. The van der Waals surface area contributed by atoms with Crippen molar-refractivity contribution in [3.05, 3.63) is 110 Å². The number of benzene rings is 3. The summed E-state index contributed by atoms with van der Waals surface area (Å²) >= 11 is 12.1. The molecule has 0 aliphatic rings. The summed E-state index contributed by atoms with van der Waals surface area (Å²) in [6.45, 7) is 0.110. The summed E-state index contributed by atoms with van der Waals surface area (Å²) in [7, 11) is 0. The van der Waals surface area contributed by atoms with Gasteiger partial charge in [-0.3, -0.25) is 10.1 Å². The van der Waals surface area contributed by atoms with E-state index in [2.05, 4.69) is 4.98 Å². The highest BCUT2D eigenvalue weighted by Crippen LogP contribution is 2.32. The standard InChI is InChI=1S/C23H18Cl2N2O3/c24-17-8-5-16(22(25)11-17)14-30-18-9-6-15(7-10-18)21(13-27(28)29)20-12-26-23-4-2-1-3-19(20)23/h1-12,21,26H,13-14H2/t21-/m1/s1. The first-order valence-electron chi connectivity index (χ1n) is 9.36. The number of H-pyrrole nitrogens is 1. The highest BCUT2D eigenvalue weighted by atomic mass is 35.5. The van der Waals surface area contributed by atoms with E-state index in [1.54, 1.807) is 12.1 Å². The van der Waals surface area contributed by atoms with Gasteiger partial charge in [0.15, 0.2) is 0 Å². The molecular weight excluding hydrogens is 423 g/mol. The van der Waals surface area contributed by atoms with E-state index in [9.17, 15) is 10.1 Å². The number of aromatic amines is 1. The summed E-state index contributed by atoms with van der Waals surface area (Å²) in [4.78, 5) is 14.3. The van der Waals surface area contributed by atoms with Crippen LogP contribution in [0.4, 0.5) is 0 Å². The van der Waals surface area contributed by atoms with Gasteiger partial charge in [0, 0.05) is 37.6 Å². The van der Waals surface area contributed by atoms with E-state index in [4.69, 9.17) is 27.9 Å². The van der Waals surface area contributed by atoms with Gasteiger partial charge in [0.05, 0.1) is 5.92 Å². The van der Waals surface area contributed by atoms with Crippen molar-refractivity contribution < 1.29 is 9.66 Å². The molecule has 7 heteroatoms. The molecule has 0 saturated carbocycles. The summed E-state index contributed by atoms with van der Waals surface area (Å²) in [5, 5.41) is 13.5. The molecule has 152 valence electrons. The van der Waals surface area contributed by atoms with Gasteiger partial charge in [-0.2, -0.15) is 0 Å². The molecule has 0 amide bonds.